The number of para-hydroxylation sites is 1. The third-order valence-electron chi connectivity index (χ3n) is 4.95. The Morgan fingerprint density at radius 3 is 2.80 bits per heavy atom. The van der Waals surface area contributed by atoms with E-state index in [2.05, 4.69) is 11.0 Å². The van der Waals surface area contributed by atoms with E-state index in [-0.39, 0.29) is 17.3 Å². The third-order valence-corrected chi connectivity index (χ3v) is 6.09. The molecule has 1 saturated heterocycles. The molecule has 3 aromatic rings. The molecular weight excluding hydrogens is 336 g/mol. The Morgan fingerprint density at radius 1 is 1.20 bits per heavy atom. The molecule has 0 aliphatic carbocycles. The minimum absolute atomic E-state index is 0.247. The van der Waals surface area contributed by atoms with Crippen LogP contribution in [0.15, 0.2) is 39.9 Å². The molecule has 1 aliphatic heterocycles. The highest BCUT2D eigenvalue weighted by atomic mass is 32.1. The number of hydrogen-bond donors (Lipinski definition) is 0. The van der Waals surface area contributed by atoms with Crippen LogP contribution >= 0.6 is 11.3 Å². The van der Waals surface area contributed by atoms with Crippen LogP contribution in [0, 0.1) is 0 Å². The lowest BCUT2D eigenvalue weighted by Crippen LogP contribution is -2.39. The maximum absolute atomic E-state index is 12.2. The number of fused-ring (bicyclic) bond motifs is 1. The van der Waals surface area contributed by atoms with Crippen molar-refractivity contribution in [1.29, 1.82) is 0 Å². The topological polar surface area (TPSA) is 60.1 Å². The van der Waals surface area contributed by atoms with E-state index in [0.29, 0.717) is 6.54 Å². The largest absolute Gasteiger partial charge is 0.330 e. The van der Waals surface area contributed by atoms with Gasteiger partial charge in [0.1, 0.15) is 5.01 Å². The number of nitrogens with zero attached hydrogens (tertiary/aromatic N) is 4. The van der Waals surface area contributed by atoms with Crippen LogP contribution in [0.25, 0.3) is 10.2 Å². The number of aromatic nitrogens is 3. The average molecular weight is 356 g/mol. The molecule has 1 atom stereocenters. The quantitative estimate of drug-likeness (QED) is 0.720. The van der Waals surface area contributed by atoms with Crippen molar-refractivity contribution in [3.8, 4) is 0 Å². The molecule has 4 rings (SSSR count). The number of thiazole rings is 1. The molecule has 130 valence electrons. The summed E-state index contributed by atoms with van der Waals surface area (Å²) < 4.78 is 3.90. The lowest BCUT2D eigenvalue weighted by molar-refractivity contribution is 0.241. The molecule has 0 radical (unpaired) electrons. The molecule has 1 fully saturated rings. The maximum Gasteiger partial charge on any atom is 0.330 e. The van der Waals surface area contributed by atoms with E-state index in [4.69, 9.17) is 4.98 Å². The molecule has 0 N–H and O–H groups in total. The van der Waals surface area contributed by atoms with E-state index in [0.717, 1.165) is 40.2 Å². The highest BCUT2D eigenvalue weighted by molar-refractivity contribution is 7.18. The van der Waals surface area contributed by atoms with E-state index in [1.165, 1.54) is 11.7 Å². The first kappa shape index (κ1) is 16.2. The molecule has 25 heavy (non-hydrogen) atoms. The van der Waals surface area contributed by atoms with Crippen LogP contribution in [0.1, 0.15) is 29.6 Å². The molecular formula is C18H20N4O2S. The Hall–Kier alpha value is -2.25. The maximum atomic E-state index is 12.2. The van der Waals surface area contributed by atoms with Gasteiger partial charge in [0.25, 0.3) is 5.56 Å². The standard InChI is InChI=1S/C18H20N4O2S/c1-20-12(10-16(23)21(2)18(20)24)11-22-9-5-7-14(22)17-19-13-6-3-4-8-15(13)25-17/h3-4,6,8,10,14H,5,7,9,11H2,1-2H3. The van der Waals surface area contributed by atoms with Gasteiger partial charge in [-0.25, -0.2) is 9.78 Å². The van der Waals surface area contributed by atoms with E-state index in [1.54, 1.807) is 29.0 Å². The first-order valence-corrected chi connectivity index (χ1v) is 9.21. The van der Waals surface area contributed by atoms with E-state index in [9.17, 15) is 9.59 Å². The Morgan fingerprint density at radius 2 is 2.00 bits per heavy atom. The molecule has 2 aromatic heterocycles. The number of hydrogen-bond acceptors (Lipinski definition) is 5. The fourth-order valence-electron chi connectivity index (χ4n) is 3.47. The summed E-state index contributed by atoms with van der Waals surface area (Å²) in [5.74, 6) is 0. The summed E-state index contributed by atoms with van der Waals surface area (Å²) >= 11 is 1.73. The summed E-state index contributed by atoms with van der Waals surface area (Å²) in [7, 11) is 3.23. The molecule has 0 bridgehead atoms. The van der Waals surface area contributed by atoms with Gasteiger partial charge in [-0.2, -0.15) is 0 Å². The van der Waals surface area contributed by atoms with Gasteiger partial charge in [0.05, 0.1) is 16.3 Å². The summed E-state index contributed by atoms with van der Waals surface area (Å²) in [6.07, 6.45) is 2.15. The summed E-state index contributed by atoms with van der Waals surface area (Å²) in [6, 6.07) is 9.99. The molecule has 6 nitrogen and oxygen atoms in total. The fourth-order valence-corrected chi connectivity index (χ4v) is 4.60. The summed E-state index contributed by atoms with van der Waals surface area (Å²) in [5, 5.41) is 1.12. The Kier molecular flexibility index (Phi) is 4.05. The van der Waals surface area contributed by atoms with E-state index < -0.39 is 0 Å². The van der Waals surface area contributed by atoms with E-state index in [1.807, 2.05) is 18.2 Å². The second-order valence-corrected chi connectivity index (χ2v) is 7.59. The monoisotopic (exact) mass is 356 g/mol. The molecule has 1 unspecified atom stereocenters. The van der Waals surface area contributed by atoms with Crippen LogP contribution < -0.4 is 11.2 Å². The zero-order valence-corrected chi connectivity index (χ0v) is 15.1. The van der Waals surface area contributed by atoms with Gasteiger partial charge in [-0.1, -0.05) is 12.1 Å². The van der Waals surface area contributed by atoms with Crippen molar-refractivity contribution in [2.75, 3.05) is 6.54 Å². The lowest BCUT2D eigenvalue weighted by atomic mass is 10.2. The average Bonchev–Trinajstić information content (AvgIpc) is 3.23. The van der Waals surface area contributed by atoms with Gasteiger partial charge in [0, 0.05) is 32.4 Å². The van der Waals surface area contributed by atoms with Crippen molar-refractivity contribution in [2.45, 2.75) is 25.4 Å². The Balaban J connectivity index is 1.66. The number of likely N-dealkylation sites (tertiary alicyclic amines) is 1. The first-order valence-electron chi connectivity index (χ1n) is 8.40. The summed E-state index contributed by atoms with van der Waals surface area (Å²) in [5.41, 5.74) is 1.25. The molecule has 0 saturated carbocycles. The first-order chi connectivity index (χ1) is 12.0. The zero-order valence-electron chi connectivity index (χ0n) is 14.3. The normalized spacial score (nSPS) is 18.2. The van der Waals surface area contributed by atoms with E-state index >= 15 is 0 Å². The van der Waals surface area contributed by atoms with Crippen molar-refractivity contribution >= 4 is 21.6 Å². The zero-order chi connectivity index (χ0) is 17.6. The Labute approximate surface area is 149 Å². The SMILES string of the molecule is Cn1c(CN2CCCC2c2nc3ccccc3s2)cc(=O)n(C)c1=O. The molecule has 1 aromatic carbocycles. The van der Waals surface area contributed by atoms with Crippen molar-refractivity contribution in [2.24, 2.45) is 14.1 Å². The van der Waals surface area contributed by atoms with Gasteiger partial charge < -0.3 is 0 Å². The van der Waals surface area contributed by atoms with Crippen molar-refractivity contribution in [3.05, 3.63) is 61.9 Å². The Bertz CT molecular complexity index is 1020. The van der Waals surface area contributed by atoms with Crippen molar-refractivity contribution < 1.29 is 0 Å². The predicted octanol–water partition coefficient (Wildman–Crippen LogP) is 2.03. The number of benzene rings is 1. The fraction of sp³-hybridized carbons (Fsp3) is 0.389. The van der Waals surface area contributed by atoms with Crippen molar-refractivity contribution in [1.82, 2.24) is 19.0 Å². The van der Waals surface area contributed by atoms with Crippen LogP contribution in [-0.4, -0.2) is 25.6 Å². The van der Waals surface area contributed by atoms with Gasteiger partial charge in [-0.15, -0.1) is 11.3 Å². The molecule has 0 spiro atoms. The second-order valence-electron chi connectivity index (χ2n) is 6.52. The van der Waals surface area contributed by atoms with Crippen molar-refractivity contribution in [3.63, 3.8) is 0 Å². The highest BCUT2D eigenvalue weighted by Crippen LogP contribution is 2.36. The minimum Gasteiger partial charge on any atom is -0.299 e. The predicted molar refractivity (Wildman–Crippen MR) is 98.9 cm³/mol. The van der Waals surface area contributed by atoms with Crippen LogP contribution in [-0.2, 0) is 20.6 Å². The summed E-state index contributed by atoms with van der Waals surface area (Å²) in [4.78, 5) is 31.3. The van der Waals surface area contributed by atoms with Gasteiger partial charge in [-0.05, 0) is 31.5 Å². The molecule has 3 heterocycles. The van der Waals surface area contributed by atoms with Gasteiger partial charge in [-0.3, -0.25) is 18.8 Å². The van der Waals surface area contributed by atoms with Gasteiger partial charge in [0.15, 0.2) is 0 Å². The molecule has 7 heteroatoms. The number of rotatable bonds is 3. The van der Waals surface area contributed by atoms with Gasteiger partial charge >= 0.3 is 5.69 Å². The summed E-state index contributed by atoms with van der Waals surface area (Å²) in [6.45, 7) is 1.53. The lowest BCUT2D eigenvalue weighted by Gasteiger charge is -2.23. The second kappa shape index (κ2) is 6.24. The van der Waals surface area contributed by atoms with Crippen LogP contribution in [0.5, 0.6) is 0 Å². The minimum atomic E-state index is -0.279. The van der Waals surface area contributed by atoms with Crippen LogP contribution in [0.2, 0.25) is 0 Å². The van der Waals surface area contributed by atoms with Crippen LogP contribution in [0.3, 0.4) is 0 Å². The van der Waals surface area contributed by atoms with Gasteiger partial charge in [0.2, 0.25) is 0 Å². The molecule has 0 amide bonds. The smallest absolute Gasteiger partial charge is 0.299 e. The highest BCUT2D eigenvalue weighted by Gasteiger charge is 2.29. The third kappa shape index (κ3) is 2.83. The van der Waals surface area contributed by atoms with Crippen LogP contribution in [0.4, 0.5) is 0 Å². The molecule has 1 aliphatic rings.